The molecule has 0 fully saturated rings. The van der Waals surface area contributed by atoms with Crippen LogP contribution in [0.2, 0.25) is 0 Å². The number of aromatic amines is 2. The van der Waals surface area contributed by atoms with Crippen LogP contribution in [0.25, 0.3) is 10.9 Å². The molecule has 0 amide bonds. The summed E-state index contributed by atoms with van der Waals surface area (Å²) in [6.07, 6.45) is 3.58. The molecule has 0 saturated heterocycles. The molecule has 7 nitrogen and oxygen atoms in total. The third-order valence-corrected chi connectivity index (χ3v) is 6.16. The highest BCUT2D eigenvalue weighted by molar-refractivity contribution is 9.10. The van der Waals surface area contributed by atoms with Crippen molar-refractivity contribution in [3.8, 4) is 0 Å². The molecule has 3 aromatic rings. The Bertz CT molecular complexity index is 1170. The van der Waals surface area contributed by atoms with E-state index < -0.39 is 9.84 Å². The van der Waals surface area contributed by atoms with E-state index in [2.05, 4.69) is 35.8 Å². The highest BCUT2D eigenvalue weighted by Crippen LogP contribution is 2.28. The summed E-state index contributed by atoms with van der Waals surface area (Å²) in [7, 11) is -3.53. The lowest BCUT2D eigenvalue weighted by Gasteiger charge is -2.27. The molecule has 0 unspecified atom stereocenters. The lowest BCUT2D eigenvalue weighted by molar-refractivity contribution is 0.241. The molecule has 1 aliphatic rings. The van der Waals surface area contributed by atoms with Crippen LogP contribution in [0.1, 0.15) is 16.8 Å². The minimum Gasteiger partial charge on any atom is -0.361 e. The number of halogens is 1. The zero-order chi connectivity index (χ0) is 18.5. The number of H-pyrrole nitrogens is 2. The van der Waals surface area contributed by atoms with Gasteiger partial charge in [0.2, 0.25) is 15.0 Å². The van der Waals surface area contributed by atoms with E-state index in [1.165, 1.54) is 0 Å². The van der Waals surface area contributed by atoms with Gasteiger partial charge in [0.25, 0.3) is 5.56 Å². The SMILES string of the molecule is CS(=O)(=O)c1nc2c(c(=O)[nH]1)CN(Cc1c[nH]c3cccc(Br)c13)CC2. The molecule has 1 aromatic carbocycles. The van der Waals surface area contributed by atoms with E-state index in [1.807, 2.05) is 24.4 Å². The number of fused-ring (bicyclic) bond motifs is 2. The number of nitrogens with zero attached hydrogens (tertiary/aromatic N) is 2. The van der Waals surface area contributed by atoms with Gasteiger partial charge >= 0.3 is 0 Å². The van der Waals surface area contributed by atoms with Gasteiger partial charge in [-0.25, -0.2) is 13.4 Å². The highest BCUT2D eigenvalue weighted by Gasteiger charge is 2.24. The third kappa shape index (κ3) is 3.10. The fourth-order valence-corrected chi connectivity index (χ4v) is 4.52. The Morgan fingerprint density at radius 3 is 2.92 bits per heavy atom. The predicted octanol–water partition coefficient (Wildman–Crippen LogP) is 1.98. The molecular weight excluding hydrogens is 420 g/mol. The van der Waals surface area contributed by atoms with Gasteiger partial charge in [-0.05, 0) is 17.7 Å². The van der Waals surface area contributed by atoms with Gasteiger partial charge in [0.15, 0.2) is 0 Å². The Kier molecular flexibility index (Phi) is 4.25. The molecule has 0 atom stereocenters. The van der Waals surface area contributed by atoms with Crippen molar-refractivity contribution in [3.63, 3.8) is 0 Å². The van der Waals surface area contributed by atoms with Crippen molar-refractivity contribution >= 4 is 36.7 Å². The first-order valence-electron chi connectivity index (χ1n) is 8.12. The molecule has 0 saturated carbocycles. The summed E-state index contributed by atoms with van der Waals surface area (Å²) >= 11 is 3.60. The van der Waals surface area contributed by atoms with E-state index in [-0.39, 0.29) is 10.7 Å². The molecule has 2 aromatic heterocycles. The Hall–Kier alpha value is -1.97. The Balaban J connectivity index is 1.64. The van der Waals surface area contributed by atoms with E-state index in [1.54, 1.807) is 0 Å². The average molecular weight is 437 g/mol. The molecule has 2 N–H and O–H groups in total. The van der Waals surface area contributed by atoms with Crippen LogP contribution in [-0.2, 0) is 29.3 Å². The van der Waals surface area contributed by atoms with Gasteiger partial charge in [-0.2, -0.15) is 0 Å². The van der Waals surface area contributed by atoms with Gasteiger partial charge in [-0.3, -0.25) is 14.7 Å². The number of nitrogens with one attached hydrogen (secondary N) is 2. The molecule has 0 spiro atoms. The van der Waals surface area contributed by atoms with Gasteiger partial charge in [-0.15, -0.1) is 0 Å². The number of hydrogen-bond donors (Lipinski definition) is 2. The molecule has 3 heterocycles. The Morgan fingerprint density at radius 1 is 1.35 bits per heavy atom. The number of aromatic nitrogens is 3. The van der Waals surface area contributed by atoms with E-state index in [0.29, 0.717) is 37.3 Å². The van der Waals surface area contributed by atoms with Crippen molar-refractivity contribution in [2.75, 3.05) is 12.8 Å². The smallest absolute Gasteiger partial charge is 0.256 e. The Labute approximate surface area is 158 Å². The van der Waals surface area contributed by atoms with E-state index in [0.717, 1.165) is 27.2 Å². The summed E-state index contributed by atoms with van der Waals surface area (Å²) in [5, 5.41) is 0.882. The van der Waals surface area contributed by atoms with Crippen molar-refractivity contribution in [2.24, 2.45) is 0 Å². The average Bonchev–Trinajstić information content (AvgIpc) is 2.99. The molecule has 26 heavy (non-hydrogen) atoms. The second-order valence-electron chi connectivity index (χ2n) is 6.51. The molecule has 0 radical (unpaired) electrons. The van der Waals surface area contributed by atoms with Crippen LogP contribution < -0.4 is 5.56 Å². The minimum atomic E-state index is -3.53. The van der Waals surface area contributed by atoms with Crippen molar-refractivity contribution in [3.05, 3.63) is 56.0 Å². The fourth-order valence-electron chi connectivity index (χ4n) is 3.34. The molecule has 1 aliphatic heterocycles. The van der Waals surface area contributed by atoms with E-state index in [9.17, 15) is 13.2 Å². The fraction of sp³-hybridized carbons (Fsp3) is 0.294. The third-order valence-electron chi connectivity index (χ3n) is 4.61. The maximum Gasteiger partial charge on any atom is 0.256 e. The van der Waals surface area contributed by atoms with Crippen molar-refractivity contribution < 1.29 is 8.42 Å². The molecule has 136 valence electrons. The predicted molar refractivity (Wildman–Crippen MR) is 102 cm³/mol. The summed E-state index contributed by atoms with van der Waals surface area (Å²) in [6, 6.07) is 6.01. The van der Waals surface area contributed by atoms with Gasteiger partial charge in [0.05, 0.1) is 11.3 Å². The minimum absolute atomic E-state index is 0.254. The molecule has 9 heteroatoms. The van der Waals surface area contributed by atoms with E-state index in [4.69, 9.17) is 0 Å². The molecule has 0 bridgehead atoms. The van der Waals surface area contributed by atoms with Gasteiger partial charge in [-0.1, -0.05) is 22.0 Å². The molecular formula is C17H17BrN4O3S. The van der Waals surface area contributed by atoms with Crippen LogP contribution in [0.3, 0.4) is 0 Å². The topological polar surface area (TPSA) is 98.9 Å². The number of sulfone groups is 1. The van der Waals surface area contributed by atoms with Crippen LogP contribution in [0.15, 0.2) is 38.8 Å². The quantitative estimate of drug-likeness (QED) is 0.611. The highest BCUT2D eigenvalue weighted by atomic mass is 79.9. The lowest BCUT2D eigenvalue weighted by Crippen LogP contribution is -2.36. The second kappa shape index (κ2) is 6.33. The maximum absolute atomic E-state index is 12.3. The maximum atomic E-state index is 12.3. The summed E-state index contributed by atoms with van der Waals surface area (Å²) in [5.74, 6) is 0. The first-order chi connectivity index (χ1) is 12.3. The largest absolute Gasteiger partial charge is 0.361 e. The first kappa shape index (κ1) is 17.4. The zero-order valence-electron chi connectivity index (χ0n) is 14.0. The van der Waals surface area contributed by atoms with Crippen LogP contribution >= 0.6 is 15.9 Å². The number of hydrogen-bond acceptors (Lipinski definition) is 5. The van der Waals surface area contributed by atoms with Gasteiger partial charge in [0, 0.05) is 53.9 Å². The monoisotopic (exact) mass is 436 g/mol. The zero-order valence-corrected chi connectivity index (χ0v) is 16.4. The summed E-state index contributed by atoms with van der Waals surface area (Å²) in [4.78, 5) is 24.3. The Morgan fingerprint density at radius 2 is 2.15 bits per heavy atom. The van der Waals surface area contributed by atoms with Crippen molar-refractivity contribution in [1.82, 2.24) is 19.9 Å². The van der Waals surface area contributed by atoms with Gasteiger partial charge in [0.1, 0.15) is 0 Å². The van der Waals surface area contributed by atoms with Crippen molar-refractivity contribution in [2.45, 2.75) is 24.7 Å². The molecule has 4 rings (SSSR count). The van der Waals surface area contributed by atoms with Crippen molar-refractivity contribution in [1.29, 1.82) is 0 Å². The standard InChI is InChI=1S/C17H17BrN4O3S/c1-26(24,25)17-20-13-5-6-22(9-11(13)16(23)21-17)8-10-7-19-14-4-2-3-12(18)15(10)14/h2-4,7,19H,5-6,8-9H2,1H3,(H,20,21,23). The van der Waals surface area contributed by atoms with Gasteiger partial charge < -0.3 is 4.98 Å². The van der Waals surface area contributed by atoms with Crippen LogP contribution in [0.4, 0.5) is 0 Å². The summed E-state index contributed by atoms with van der Waals surface area (Å²) in [5.41, 5.74) is 2.95. The normalized spacial score (nSPS) is 15.3. The lowest BCUT2D eigenvalue weighted by atomic mass is 10.1. The summed E-state index contributed by atoms with van der Waals surface area (Å²) < 4.78 is 24.3. The number of benzene rings is 1. The van der Waals surface area contributed by atoms with Crippen LogP contribution in [0, 0.1) is 0 Å². The van der Waals surface area contributed by atoms with Crippen LogP contribution in [-0.4, -0.2) is 41.1 Å². The second-order valence-corrected chi connectivity index (χ2v) is 9.29. The number of rotatable bonds is 3. The summed E-state index contributed by atoms with van der Waals surface area (Å²) in [6.45, 7) is 1.85. The molecule has 0 aliphatic carbocycles. The van der Waals surface area contributed by atoms with Crippen LogP contribution in [0.5, 0.6) is 0 Å². The van der Waals surface area contributed by atoms with E-state index >= 15 is 0 Å². The first-order valence-corrected chi connectivity index (χ1v) is 10.8.